The van der Waals surface area contributed by atoms with Gasteiger partial charge in [-0.05, 0) is 12.5 Å². The number of halogens is 3. The quantitative estimate of drug-likeness (QED) is 0.876. The summed E-state index contributed by atoms with van der Waals surface area (Å²) in [6.07, 6.45) is -5.06. The predicted octanol–water partition coefficient (Wildman–Crippen LogP) is 1.30. The minimum atomic E-state index is -4.60. The van der Waals surface area contributed by atoms with E-state index in [1.165, 1.54) is 24.3 Å². The molecule has 1 heterocycles. The number of nitrogens with one attached hydrogen (secondary N) is 1. The zero-order valence-electron chi connectivity index (χ0n) is 10.6. The van der Waals surface area contributed by atoms with Crippen molar-refractivity contribution in [3.8, 4) is 0 Å². The van der Waals surface area contributed by atoms with Gasteiger partial charge in [-0.1, -0.05) is 18.2 Å². The fraction of sp³-hybridized carbons (Fsp3) is 0.417. The van der Waals surface area contributed by atoms with E-state index < -0.39 is 46.2 Å². The molecule has 9 heteroatoms. The van der Waals surface area contributed by atoms with Gasteiger partial charge in [0.15, 0.2) is 9.84 Å². The lowest BCUT2D eigenvalue weighted by Crippen LogP contribution is -2.55. The molecule has 0 spiro atoms. The Labute approximate surface area is 118 Å². The van der Waals surface area contributed by atoms with Crippen molar-refractivity contribution < 1.29 is 31.5 Å². The Hall–Kier alpha value is -1.61. The molecule has 1 aromatic carbocycles. The average molecular weight is 323 g/mol. The number of fused-ring (bicyclic) bond motifs is 1. The van der Waals surface area contributed by atoms with Crippen LogP contribution in [0.25, 0.3) is 0 Å². The van der Waals surface area contributed by atoms with Crippen molar-refractivity contribution in [1.29, 1.82) is 0 Å². The maximum absolute atomic E-state index is 12.4. The molecule has 0 aliphatic carbocycles. The standard InChI is InChI=1S/C12H12F3NO4S/c13-12(14,15)7-16-11(10(17)18)5-6-21(19,20)9-4-2-1-3-8(9)11/h1-4,16H,5-7H2,(H,17,18). The molecule has 1 atom stereocenters. The number of carbonyl (C=O) groups is 1. The van der Waals surface area contributed by atoms with Crippen molar-refractivity contribution in [2.45, 2.75) is 23.0 Å². The Morgan fingerprint density at radius 2 is 1.95 bits per heavy atom. The second kappa shape index (κ2) is 4.99. The molecule has 1 aliphatic rings. The molecular formula is C12H12F3NO4S. The van der Waals surface area contributed by atoms with Crippen LogP contribution in [0.15, 0.2) is 29.2 Å². The fourth-order valence-electron chi connectivity index (χ4n) is 2.35. The van der Waals surface area contributed by atoms with E-state index in [2.05, 4.69) is 0 Å². The number of sulfone groups is 1. The van der Waals surface area contributed by atoms with Crippen LogP contribution < -0.4 is 5.32 Å². The van der Waals surface area contributed by atoms with Crippen LogP contribution in [-0.4, -0.2) is 38.0 Å². The molecule has 0 radical (unpaired) electrons. The summed E-state index contributed by atoms with van der Waals surface area (Å²) in [4.78, 5) is 11.3. The molecule has 0 fully saturated rings. The van der Waals surface area contributed by atoms with Crippen molar-refractivity contribution in [2.75, 3.05) is 12.3 Å². The minimum Gasteiger partial charge on any atom is -0.480 e. The summed E-state index contributed by atoms with van der Waals surface area (Å²) < 4.78 is 61.1. The average Bonchev–Trinajstić information content (AvgIpc) is 2.37. The van der Waals surface area contributed by atoms with Crippen LogP contribution in [-0.2, 0) is 20.2 Å². The van der Waals surface area contributed by atoms with Gasteiger partial charge in [-0.25, -0.2) is 13.2 Å². The van der Waals surface area contributed by atoms with Crippen LogP contribution in [0.3, 0.4) is 0 Å². The molecule has 0 saturated heterocycles. The number of carboxylic acids is 1. The van der Waals surface area contributed by atoms with Gasteiger partial charge in [-0.15, -0.1) is 0 Å². The topological polar surface area (TPSA) is 83.5 Å². The second-order valence-corrected chi connectivity index (χ2v) is 6.82. The summed E-state index contributed by atoms with van der Waals surface area (Å²) in [7, 11) is -3.68. The molecule has 0 aromatic heterocycles. The van der Waals surface area contributed by atoms with Gasteiger partial charge in [-0.2, -0.15) is 13.2 Å². The normalized spacial score (nSPS) is 24.3. The molecule has 0 bridgehead atoms. The van der Waals surface area contributed by atoms with Crippen LogP contribution in [0.2, 0.25) is 0 Å². The van der Waals surface area contributed by atoms with Crippen LogP contribution in [0, 0.1) is 0 Å². The molecule has 0 saturated carbocycles. The van der Waals surface area contributed by atoms with E-state index in [9.17, 15) is 31.5 Å². The van der Waals surface area contributed by atoms with Crippen molar-refractivity contribution in [3.05, 3.63) is 29.8 Å². The van der Waals surface area contributed by atoms with E-state index in [0.29, 0.717) is 0 Å². The minimum absolute atomic E-state index is 0.159. The molecule has 0 amide bonds. The van der Waals surface area contributed by atoms with Crippen molar-refractivity contribution in [2.24, 2.45) is 0 Å². The number of hydrogen-bond acceptors (Lipinski definition) is 4. The number of benzene rings is 1. The van der Waals surface area contributed by atoms with Gasteiger partial charge in [0.05, 0.1) is 17.2 Å². The highest BCUT2D eigenvalue weighted by Gasteiger charge is 2.49. The Bertz CT molecular complexity index is 671. The molecule has 116 valence electrons. The third-order valence-corrected chi connectivity index (χ3v) is 5.15. The summed E-state index contributed by atoms with van der Waals surface area (Å²) in [5, 5.41) is 11.4. The van der Waals surface area contributed by atoms with Gasteiger partial charge in [0.2, 0.25) is 0 Å². The van der Waals surface area contributed by atoms with Gasteiger partial charge >= 0.3 is 12.1 Å². The molecule has 2 N–H and O–H groups in total. The lowest BCUT2D eigenvalue weighted by molar-refractivity contribution is -0.151. The SMILES string of the molecule is O=C(O)C1(NCC(F)(F)F)CCS(=O)(=O)c2ccccc21. The summed E-state index contributed by atoms with van der Waals surface area (Å²) in [6.45, 7) is -1.52. The van der Waals surface area contributed by atoms with Crippen LogP contribution in [0.5, 0.6) is 0 Å². The first-order valence-corrected chi connectivity index (χ1v) is 7.61. The largest absolute Gasteiger partial charge is 0.480 e. The highest BCUT2D eigenvalue weighted by molar-refractivity contribution is 7.91. The maximum atomic E-state index is 12.4. The smallest absolute Gasteiger partial charge is 0.401 e. The first-order valence-electron chi connectivity index (χ1n) is 5.96. The van der Waals surface area contributed by atoms with Crippen LogP contribution in [0.1, 0.15) is 12.0 Å². The molecule has 21 heavy (non-hydrogen) atoms. The first kappa shape index (κ1) is 15.8. The molecule has 5 nitrogen and oxygen atoms in total. The number of aliphatic carboxylic acids is 1. The molecule has 1 aromatic rings. The molecule has 1 aliphatic heterocycles. The van der Waals surface area contributed by atoms with E-state index in [4.69, 9.17) is 0 Å². The Morgan fingerprint density at radius 3 is 2.52 bits per heavy atom. The first-order chi connectivity index (χ1) is 9.58. The maximum Gasteiger partial charge on any atom is 0.401 e. The summed E-state index contributed by atoms with van der Waals surface area (Å²) in [5.41, 5.74) is -2.22. The highest BCUT2D eigenvalue weighted by atomic mass is 32.2. The summed E-state index contributed by atoms with van der Waals surface area (Å²) in [6, 6.07) is 5.23. The Morgan fingerprint density at radius 1 is 1.33 bits per heavy atom. The van der Waals surface area contributed by atoms with Crippen molar-refractivity contribution in [3.63, 3.8) is 0 Å². The zero-order chi connectivity index (χ0) is 15.9. The summed E-state index contributed by atoms with van der Waals surface area (Å²) >= 11 is 0. The number of alkyl halides is 3. The van der Waals surface area contributed by atoms with Crippen molar-refractivity contribution in [1.82, 2.24) is 5.32 Å². The molecule has 2 rings (SSSR count). The molecule has 1 unspecified atom stereocenters. The Kier molecular flexibility index (Phi) is 3.75. The number of carboxylic acid groups (broad SMARTS) is 1. The highest BCUT2D eigenvalue weighted by Crippen LogP contribution is 2.37. The second-order valence-electron chi connectivity index (χ2n) is 4.74. The third-order valence-electron chi connectivity index (χ3n) is 3.38. The van der Waals surface area contributed by atoms with Gasteiger partial charge in [-0.3, -0.25) is 5.32 Å². The Balaban J connectivity index is 2.55. The third kappa shape index (κ3) is 2.88. The van der Waals surface area contributed by atoms with Crippen molar-refractivity contribution >= 4 is 15.8 Å². The van der Waals surface area contributed by atoms with Gasteiger partial charge in [0.25, 0.3) is 0 Å². The monoisotopic (exact) mass is 323 g/mol. The van der Waals surface area contributed by atoms with E-state index >= 15 is 0 Å². The lowest BCUT2D eigenvalue weighted by atomic mass is 9.86. The van der Waals surface area contributed by atoms with Gasteiger partial charge in [0, 0.05) is 5.56 Å². The van der Waals surface area contributed by atoms with E-state index in [0.717, 1.165) is 0 Å². The predicted molar refractivity (Wildman–Crippen MR) is 66.5 cm³/mol. The van der Waals surface area contributed by atoms with E-state index in [1.54, 1.807) is 0 Å². The van der Waals surface area contributed by atoms with Crippen LogP contribution in [0.4, 0.5) is 13.2 Å². The molecular weight excluding hydrogens is 311 g/mol. The van der Waals surface area contributed by atoms with E-state index in [-0.39, 0.29) is 10.5 Å². The summed E-state index contributed by atoms with van der Waals surface area (Å²) in [5.74, 6) is -2.06. The van der Waals surface area contributed by atoms with Gasteiger partial charge < -0.3 is 5.11 Å². The van der Waals surface area contributed by atoms with Crippen LogP contribution >= 0.6 is 0 Å². The number of hydrogen-bond donors (Lipinski definition) is 2. The van der Waals surface area contributed by atoms with E-state index in [1.807, 2.05) is 5.32 Å². The lowest BCUT2D eigenvalue weighted by Gasteiger charge is -2.36. The zero-order valence-corrected chi connectivity index (χ0v) is 11.5. The number of rotatable bonds is 3. The fourth-order valence-corrected chi connectivity index (χ4v) is 4.01. The van der Waals surface area contributed by atoms with Gasteiger partial charge in [0.1, 0.15) is 5.54 Å².